The quantitative estimate of drug-likeness (QED) is 0.301. The first-order chi connectivity index (χ1) is 7.65. The van der Waals surface area contributed by atoms with Gasteiger partial charge in [0.15, 0.2) is 0 Å². The van der Waals surface area contributed by atoms with Gasteiger partial charge in [-0.15, -0.1) is 0 Å². The summed E-state index contributed by atoms with van der Waals surface area (Å²) in [6.07, 6.45) is 1.76. The second kappa shape index (κ2) is 6.07. The Labute approximate surface area is 95.4 Å². The summed E-state index contributed by atoms with van der Waals surface area (Å²) < 4.78 is 0. The van der Waals surface area contributed by atoms with Crippen LogP contribution in [0.25, 0.3) is 0 Å². The van der Waals surface area contributed by atoms with Gasteiger partial charge in [0.1, 0.15) is 5.84 Å². The fraction of sp³-hybridized carbons (Fsp3) is 0.455. The molecule has 1 rings (SSSR count). The molecule has 0 fully saturated rings. The average molecular weight is 222 g/mol. The fourth-order valence-electron chi connectivity index (χ4n) is 1.29. The van der Waals surface area contributed by atoms with Crippen molar-refractivity contribution in [2.24, 2.45) is 16.8 Å². The number of amidine groups is 1. The second-order valence-electron chi connectivity index (χ2n) is 3.81. The number of hydrogen-bond acceptors (Lipinski definition) is 4. The zero-order valence-electron chi connectivity index (χ0n) is 9.59. The molecule has 1 aromatic rings. The van der Waals surface area contributed by atoms with E-state index in [9.17, 15) is 0 Å². The van der Waals surface area contributed by atoms with Crippen LogP contribution < -0.4 is 11.1 Å². The summed E-state index contributed by atoms with van der Waals surface area (Å²) in [4.78, 5) is 4.25. The molecule has 2 unspecified atom stereocenters. The second-order valence-corrected chi connectivity index (χ2v) is 3.81. The normalized spacial score (nSPS) is 15.8. The minimum atomic E-state index is -0.00355. The molecule has 0 aliphatic rings. The third kappa shape index (κ3) is 3.51. The number of oxime groups is 1. The molecule has 1 heterocycles. The van der Waals surface area contributed by atoms with E-state index in [1.54, 1.807) is 6.20 Å². The van der Waals surface area contributed by atoms with Crippen LogP contribution in [0.1, 0.15) is 25.6 Å². The van der Waals surface area contributed by atoms with E-state index in [1.807, 2.05) is 32.0 Å². The van der Waals surface area contributed by atoms with Crippen LogP contribution in [0.4, 0.5) is 0 Å². The monoisotopic (exact) mass is 222 g/mol. The van der Waals surface area contributed by atoms with Crippen molar-refractivity contribution in [3.63, 3.8) is 0 Å². The van der Waals surface area contributed by atoms with E-state index in [0.717, 1.165) is 5.69 Å². The van der Waals surface area contributed by atoms with Crippen molar-refractivity contribution in [1.82, 2.24) is 10.3 Å². The minimum Gasteiger partial charge on any atom is -0.409 e. The van der Waals surface area contributed by atoms with E-state index in [-0.39, 0.29) is 17.8 Å². The van der Waals surface area contributed by atoms with Gasteiger partial charge in [0, 0.05) is 24.7 Å². The summed E-state index contributed by atoms with van der Waals surface area (Å²) in [5, 5.41) is 14.8. The number of nitrogens with two attached hydrogens (primary N) is 1. The average Bonchev–Trinajstić information content (AvgIpc) is 2.35. The van der Waals surface area contributed by atoms with E-state index < -0.39 is 0 Å². The number of nitrogens with zero attached hydrogens (tertiary/aromatic N) is 2. The highest BCUT2D eigenvalue weighted by atomic mass is 16.4. The molecule has 2 atom stereocenters. The Morgan fingerprint density at radius 2 is 2.31 bits per heavy atom. The first-order valence-corrected chi connectivity index (χ1v) is 5.27. The van der Waals surface area contributed by atoms with Gasteiger partial charge in [0.25, 0.3) is 0 Å². The third-order valence-electron chi connectivity index (χ3n) is 2.48. The van der Waals surface area contributed by atoms with Gasteiger partial charge in [0.2, 0.25) is 0 Å². The molecule has 0 amide bonds. The highest BCUT2D eigenvalue weighted by molar-refractivity contribution is 5.82. The maximum absolute atomic E-state index is 8.51. The molecule has 5 nitrogen and oxygen atoms in total. The molecular formula is C11H18N4O. The zero-order valence-corrected chi connectivity index (χ0v) is 9.59. The van der Waals surface area contributed by atoms with Crippen LogP contribution in [0.3, 0.4) is 0 Å². The molecule has 4 N–H and O–H groups in total. The van der Waals surface area contributed by atoms with E-state index in [0.29, 0.717) is 6.54 Å². The molecule has 0 saturated heterocycles. The van der Waals surface area contributed by atoms with Crippen LogP contribution >= 0.6 is 0 Å². The van der Waals surface area contributed by atoms with Gasteiger partial charge in [-0.1, -0.05) is 18.1 Å². The smallest absolute Gasteiger partial charge is 0.143 e. The van der Waals surface area contributed by atoms with Crippen LogP contribution in [0.15, 0.2) is 29.6 Å². The molecular weight excluding hydrogens is 204 g/mol. The number of aromatic nitrogens is 1. The van der Waals surface area contributed by atoms with Crippen molar-refractivity contribution in [2.45, 2.75) is 19.9 Å². The van der Waals surface area contributed by atoms with Gasteiger partial charge in [-0.3, -0.25) is 4.98 Å². The van der Waals surface area contributed by atoms with Crippen LogP contribution in [0.5, 0.6) is 0 Å². The standard InChI is InChI=1S/C11H18N4O/c1-8(11(12)15-16)7-14-9(2)10-5-3-4-6-13-10/h3-6,8-9,14,16H,7H2,1-2H3,(H2,12,15). The number of hydrogen-bond donors (Lipinski definition) is 3. The Hall–Kier alpha value is -1.62. The molecule has 0 saturated carbocycles. The highest BCUT2D eigenvalue weighted by Crippen LogP contribution is 2.08. The number of rotatable bonds is 5. The van der Waals surface area contributed by atoms with E-state index in [2.05, 4.69) is 15.5 Å². The highest BCUT2D eigenvalue weighted by Gasteiger charge is 2.10. The van der Waals surface area contributed by atoms with E-state index in [1.165, 1.54) is 0 Å². The minimum absolute atomic E-state index is 0.00355. The molecule has 0 aliphatic carbocycles. The SMILES string of the molecule is CC(CNC(C)c1ccccn1)C(N)=NO. The largest absolute Gasteiger partial charge is 0.409 e. The predicted octanol–water partition coefficient (Wildman–Crippen LogP) is 1.11. The number of nitrogens with one attached hydrogen (secondary N) is 1. The van der Waals surface area contributed by atoms with Gasteiger partial charge in [-0.2, -0.15) is 0 Å². The molecule has 0 aliphatic heterocycles. The summed E-state index contributed by atoms with van der Waals surface area (Å²) in [5.74, 6) is 0.233. The van der Waals surface area contributed by atoms with Crippen molar-refractivity contribution < 1.29 is 5.21 Å². The molecule has 1 aromatic heterocycles. The summed E-state index contributed by atoms with van der Waals surface area (Å²) in [7, 11) is 0. The van der Waals surface area contributed by atoms with Crippen molar-refractivity contribution >= 4 is 5.84 Å². The fourth-order valence-corrected chi connectivity index (χ4v) is 1.29. The Morgan fingerprint density at radius 1 is 1.56 bits per heavy atom. The van der Waals surface area contributed by atoms with Gasteiger partial charge < -0.3 is 16.3 Å². The van der Waals surface area contributed by atoms with Crippen LogP contribution in [0.2, 0.25) is 0 Å². The molecule has 0 radical (unpaired) electrons. The van der Waals surface area contributed by atoms with Gasteiger partial charge in [-0.25, -0.2) is 0 Å². The lowest BCUT2D eigenvalue weighted by Gasteiger charge is -2.16. The summed E-state index contributed by atoms with van der Waals surface area (Å²) >= 11 is 0. The summed E-state index contributed by atoms with van der Waals surface area (Å²) in [6, 6.07) is 5.95. The van der Waals surface area contributed by atoms with Crippen LogP contribution in [-0.2, 0) is 0 Å². The van der Waals surface area contributed by atoms with Crippen LogP contribution in [-0.4, -0.2) is 22.6 Å². The molecule has 0 aromatic carbocycles. The molecule has 0 spiro atoms. The predicted molar refractivity (Wildman–Crippen MR) is 63.2 cm³/mol. The van der Waals surface area contributed by atoms with E-state index in [4.69, 9.17) is 10.9 Å². The topological polar surface area (TPSA) is 83.5 Å². The Morgan fingerprint density at radius 3 is 2.88 bits per heavy atom. The van der Waals surface area contributed by atoms with Gasteiger partial charge in [-0.05, 0) is 19.1 Å². The maximum Gasteiger partial charge on any atom is 0.143 e. The zero-order chi connectivity index (χ0) is 12.0. The Kier molecular flexibility index (Phi) is 4.72. The van der Waals surface area contributed by atoms with E-state index >= 15 is 0 Å². The van der Waals surface area contributed by atoms with Crippen molar-refractivity contribution in [3.8, 4) is 0 Å². The Bertz CT molecular complexity index is 339. The van der Waals surface area contributed by atoms with Gasteiger partial charge >= 0.3 is 0 Å². The molecule has 88 valence electrons. The lowest BCUT2D eigenvalue weighted by molar-refractivity contribution is 0.313. The van der Waals surface area contributed by atoms with Crippen molar-refractivity contribution in [1.29, 1.82) is 0 Å². The maximum atomic E-state index is 8.51. The van der Waals surface area contributed by atoms with Gasteiger partial charge in [0.05, 0.1) is 5.69 Å². The molecule has 5 heteroatoms. The first-order valence-electron chi connectivity index (χ1n) is 5.27. The molecule has 16 heavy (non-hydrogen) atoms. The number of pyridine rings is 1. The summed E-state index contributed by atoms with van der Waals surface area (Å²) in [6.45, 7) is 4.57. The third-order valence-corrected chi connectivity index (χ3v) is 2.48. The van der Waals surface area contributed by atoms with Crippen LogP contribution in [0, 0.1) is 5.92 Å². The lowest BCUT2D eigenvalue weighted by Crippen LogP contribution is -2.32. The van der Waals surface area contributed by atoms with Crippen molar-refractivity contribution in [2.75, 3.05) is 6.54 Å². The first kappa shape index (κ1) is 12.4. The Balaban J connectivity index is 2.45. The lowest BCUT2D eigenvalue weighted by atomic mass is 10.1. The summed E-state index contributed by atoms with van der Waals surface area (Å²) in [5.41, 5.74) is 6.47. The van der Waals surface area contributed by atoms with Crippen molar-refractivity contribution in [3.05, 3.63) is 30.1 Å². The molecule has 0 bridgehead atoms.